The SMILES string of the molecule is Cc1cnc(C(C)Nc2ccc(C(F)(F)F)cn2)s1. The smallest absolute Gasteiger partial charge is 0.361 e. The topological polar surface area (TPSA) is 37.8 Å². The zero-order chi connectivity index (χ0) is 14.0. The highest BCUT2D eigenvalue weighted by molar-refractivity contribution is 7.11. The van der Waals surface area contributed by atoms with E-state index in [1.165, 1.54) is 6.07 Å². The van der Waals surface area contributed by atoms with E-state index in [4.69, 9.17) is 0 Å². The predicted molar refractivity (Wildman–Crippen MR) is 68.1 cm³/mol. The third kappa shape index (κ3) is 3.44. The molecule has 0 aromatic carbocycles. The van der Waals surface area contributed by atoms with E-state index in [0.29, 0.717) is 5.82 Å². The largest absolute Gasteiger partial charge is 0.417 e. The van der Waals surface area contributed by atoms with Gasteiger partial charge in [-0.05, 0) is 26.0 Å². The molecule has 2 aromatic heterocycles. The van der Waals surface area contributed by atoms with Gasteiger partial charge in [0.1, 0.15) is 10.8 Å². The van der Waals surface area contributed by atoms with Crippen LogP contribution in [0.4, 0.5) is 19.0 Å². The fourth-order valence-corrected chi connectivity index (χ4v) is 2.28. The van der Waals surface area contributed by atoms with E-state index < -0.39 is 11.7 Å². The summed E-state index contributed by atoms with van der Waals surface area (Å²) in [4.78, 5) is 9.07. The summed E-state index contributed by atoms with van der Waals surface area (Å²) in [6, 6.07) is 2.23. The van der Waals surface area contributed by atoms with Gasteiger partial charge in [0.25, 0.3) is 0 Å². The van der Waals surface area contributed by atoms with E-state index in [-0.39, 0.29) is 6.04 Å². The molecule has 2 heterocycles. The molecule has 7 heteroatoms. The van der Waals surface area contributed by atoms with Gasteiger partial charge in [0, 0.05) is 17.3 Å². The first-order valence-corrected chi connectivity index (χ1v) is 6.40. The van der Waals surface area contributed by atoms with Gasteiger partial charge in [0.2, 0.25) is 0 Å². The Balaban J connectivity index is 2.07. The molecule has 102 valence electrons. The zero-order valence-electron chi connectivity index (χ0n) is 10.3. The van der Waals surface area contributed by atoms with Crippen LogP contribution in [0.2, 0.25) is 0 Å². The summed E-state index contributed by atoms with van der Waals surface area (Å²) >= 11 is 1.54. The Hall–Kier alpha value is -1.63. The molecule has 0 bridgehead atoms. The Morgan fingerprint density at radius 1 is 1.21 bits per heavy atom. The molecule has 19 heavy (non-hydrogen) atoms. The Bertz CT molecular complexity index is 548. The molecule has 0 saturated carbocycles. The minimum atomic E-state index is -4.36. The van der Waals surface area contributed by atoms with E-state index >= 15 is 0 Å². The number of alkyl halides is 3. The number of nitrogens with zero attached hydrogens (tertiary/aromatic N) is 2. The van der Waals surface area contributed by atoms with Crippen molar-refractivity contribution < 1.29 is 13.2 Å². The van der Waals surface area contributed by atoms with Gasteiger partial charge in [-0.25, -0.2) is 9.97 Å². The van der Waals surface area contributed by atoms with Crippen molar-refractivity contribution in [2.24, 2.45) is 0 Å². The molecular formula is C12H12F3N3S. The number of hydrogen-bond donors (Lipinski definition) is 1. The van der Waals surface area contributed by atoms with Crippen LogP contribution in [-0.4, -0.2) is 9.97 Å². The number of rotatable bonds is 3. The third-order valence-corrected chi connectivity index (χ3v) is 3.56. The highest BCUT2D eigenvalue weighted by Gasteiger charge is 2.30. The predicted octanol–water partition coefficient (Wildman–Crippen LogP) is 4.04. The molecule has 0 saturated heterocycles. The number of thiazole rings is 1. The van der Waals surface area contributed by atoms with Crippen LogP contribution in [-0.2, 0) is 6.18 Å². The minimum Gasteiger partial charge on any atom is -0.361 e. The van der Waals surface area contributed by atoms with Gasteiger partial charge in [-0.15, -0.1) is 11.3 Å². The van der Waals surface area contributed by atoms with Crippen LogP contribution in [0.5, 0.6) is 0 Å². The van der Waals surface area contributed by atoms with E-state index in [9.17, 15) is 13.2 Å². The highest BCUT2D eigenvalue weighted by Crippen LogP contribution is 2.29. The fourth-order valence-electron chi connectivity index (χ4n) is 1.50. The molecule has 0 aliphatic carbocycles. The lowest BCUT2D eigenvalue weighted by Crippen LogP contribution is -2.09. The van der Waals surface area contributed by atoms with E-state index in [2.05, 4.69) is 15.3 Å². The second-order valence-corrected chi connectivity index (χ2v) is 5.37. The monoisotopic (exact) mass is 287 g/mol. The maximum Gasteiger partial charge on any atom is 0.417 e. The highest BCUT2D eigenvalue weighted by atomic mass is 32.1. The Morgan fingerprint density at radius 3 is 2.42 bits per heavy atom. The lowest BCUT2D eigenvalue weighted by molar-refractivity contribution is -0.137. The summed E-state index contributed by atoms with van der Waals surface area (Å²) in [7, 11) is 0. The molecule has 2 aromatic rings. The second-order valence-electron chi connectivity index (χ2n) is 4.11. The third-order valence-electron chi connectivity index (χ3n) is 2.46. The first kappa shape index (κ1) is 13.8. The maximum atomic E-state index is 12.4. The van der Waals surface area contributed by atoms with Crippen molar-refractivity contribution in [1.29, 1.82) is 0 Å². The van der Waals surface area contributed by atoms with Crippen LogP contribution in [0, 0.1) is 6.92 Å². The van der Waals surface area contributed by atoms with Crippen molar-refractivity contribution in [2.45, 2.75) is 26.1 Å². The van der Waals surface area contributed by atoms with E-state index in [1.54, 1.807) is 17.5 Å². The summed E-state index contributed by atoms with van der Waals surface area (Å²) in [5.41, 5.74) is -0.754. The molecule has 0 spiro atoms. The molecule has 3 nitrogen and oxygen atoms in total. The molecule has 0 aliphatic rings. The maximum absolute atomic E-state index is 12.4. The van der Waals surface area contributed by atoms with E-state index in [0.717, 1.165) is 22.1 Å². The number of halogens is 3. The van der Waals surface area contributed by atoms with E-state index in [1.807, 2.05) is 13.8 Å². The van der Waals surface area contributed by atoms with Gasteiger partial charge in [0.05, 0.1) is 11.6 Å². The Labute approximate surface area is 112 Å². The van der Waals surface area contributed by atoms with Gasteiger partial charge in [-0.2, -0.15) is 13.2 Å². The number of pyridine rings is 1. The molecule has 1 N–H and O–H groups in total. The van der Waals surface area contributed by atoms with Crippen LogP contribution < -0.4 is 5.32 Å². The molecule has 1 atom stereocenters. The molecule has 0 fully saturated rings. The molecule has 0 aliphatic heterocycles. The summed E-state index contributed by atoms with van der Waals surface area (Å²) < 4.78 is 37.1. The van der Waals surface area contributed by atoms with Crippen LogP contribution in [0.3, 0.4) is 0 Å². The average Bonchev–Trinajstić information content (AvgIpc) is 2.75. The summed E-state index contributed by atoms with van der Waals surface area (Å²) in [5, 5.41) is 3.89. The van der Waals surface area contributed by atoms with Crippen molar-refractivity contribution >= 4 is 17.2 Å². The van der Waals surface area contributed by atoms with Crippen molar-refractivity contribution in [3.05, 3.63) is 40.0 Å². The number of hydrogen-bond acceptors (Lipinski definition) is 4. The molecule has 2 rings (SSSR count). The Morgan fingerprint density at radius 2 is 1.95 bits per heavy atom. The number of nitrogens with one attached hydrogen (secondary N) is 1. The van der Waals surface area contributed by atoms with Crippen molar-refractivity contribution in [1.82, 2.24) is 9.97 Å². The number of aromatic nitrogens is 2. The van der Waals surface area contributed by atoms with Crippen LogP contribution >= 0.6 is 11.3 Å². The lowest BCUT2D eigenvalue weighted by atomic mass is 10.2. The fraction of sp³-hybridized carbons (Fsp3) is 0.333. The zero-order valence-corrected chi connectivity index (χ0v) is 11.1. The van der Waals surface area contributed by atoms with Crippen LogP contribution in [0.1, 0.15) is 28.4 Å². The quantitative estimate of drug-likeness (QED) is 0.925. The summed E-state index contributed by atoms with van der Waals surface area (Å²) in [6.45, 7) is 3.84. The minimum absolute atomic E-state index is 0.0945. The van der Waals surface area contributed by atoms with Gasteiger partial charge in [-0.1, -0.05) is 0 Å². The second kappa shape index (κ2) is 5.16. The first-order chi connectivity index (χ1) is 8.86. The van der Waals surface area contributed by atoms with Gasteiger partial charge < -0.3 is 5.32 Å². The standard InChI is InChI=1S/C12H12F3N3S/c1-7-5-17-11(19-7)8(2)18-10-4-3-9(6-16-10)12(13,14)15/h3-6,8H,1-2H3,(H,16,18). The van der Waals surface area contributed by atoms with Gasteiger partial charge >= 0.3 is 6.18 Å². The normalized spacial score (nSPS) is 13.3. The van der Waals surface area contributed by atoms with Crippen molar-refractivity contribution in [3.8, 4) is 0 Å². The first-order valence-electron chi connectivity index (χ1n) is 5.58. The molecular weight excluding hydrogens is 275 g/mol. The van der Waals surface area contributed by atoms with Crippen molar-refractivity contribution in [2.75, 3.05) is 5.32 Å². The van der Waals surface area contributed by atoms with Crippen molar-refractivity contribution in [3.63, 3.8) is 0 Å². The Kier molecular flexibility index (Phi) is 3.75. The number of anilines is 1. The van der Waals surface area contributed by atoms with Crippen LogP contribution in [0.15, 0.2) is 24.5 Å². The lowest BCUT2D eigenvalue weighted by Gasteiger charge is -2.12. The average molecular weight is 287 g/mol. The molecule has 1 unspecified atom stereocenters. The molecule has 0 amide bonds. The van der Waals surface area contributed by atoms with Gasteiger partial charge in [-0.3, -0.25) is 0 Å². The summed E-state index contributed by atoms with van der Waals surface area (Å²) in [6.07, 6.45) is -1.77. The van der Waals surface area contributed by atoms with Crippen LogP contribution in [0.25, 0.3) is 0 Å². The summed E-state index contributed by atoms with van der Waals surface area (Å²) in [5.74, 6) is 0.397. The van der Waals surface area contributed by atoms with Gasteiger partial charge in [0.15, 0.2) is 0 Å². The molecule has 0 radical (unpaired) electrons. The number of aryl methyl sites for hydroxylation is 1.